The third kappa shape index (κ3) is 3.87. The highest BCUT2D eigenvalue weighted by atomic mass is 16.3. The molecule has 0 spiro atoms. The number of aromatic nitrogens is 1. The third-order valence-corrected chi connectivity index (χ3v) is 5.28. The molecule has 1 N–H and O–H groups in total. The molecule has 4 nitrogen and oxygen atoms in total. The quantitative estimate of drug-likeness (QED) is 0.879. The molecule has 2 aliphatic rings. The van der Waals surface area contributed by atoms with Gasteiger partial charge in [0.25, 0.3) is 0 Å². The lowest BCUT2D eigenvalue weighted by Crippen LogP contribution is -2.44. The predicted octanol–water partition coefficient (Wildman–Crippen LogP) is 3.69. The van der Waals surface area contributed by atoms with Gasteiger partial charge >= 0.3 is 0 Å². The Morgan fingerprint density at radius 2 is 2.00 bits per heavy atom. The van der Waals surface area contributed by atoms with Gasteiger partial charge in [0.15, 0.2) is 0 Å². The van der Waals surface area contributed by atoms with Crippen LogP contribution in [-0.4, -0.2) is 29.0 Å². The third-order valence-electron chi connectivity index (χ3n) is 5.28. The van der Waals surface area contributed by atoms with E-state index >= 15 is 0 Å². The Kier molecular flexibility index (Phi) is 4.67. The van der Waals surface area contributed by atoms with Gasteiger partial charge in [-0.15, -0.1) is 0 Å². The number of likely N-dealkylation sites (tertiary alicyclic amines) is 1. The second-order valence-corrected chi connectivity index (χ2v) is 7.32. The van der Waals surface area contributed by atoms with Crippen LogP contribution in [0.25, 0.3) is 0 Å². The number of pyridine rings is 1. The molecular weight excluding hydrogens is 298 g/mol. The lowest BCUT2D eigenvalue weighted by molar-refractivity contribution is 0.170. The molecule has 24 heavy (non-hydrogen) atoms. The van der Waals surface area contributed by atoms with Crippen molar-refractivity contribution in [2.45, 2.75) is 51.2 Å². The molecule has 0 amide bonds. The monoisotopic (exact) mass is 325 g/mol. The number of rotatable bonds is 6. The molecule has 128 valence electrons. The van der Waals surface area contributed by atoms with Crippen molar-refractivity contribution >= 4 is 0 Å². The molecule has 4 heteroatoms. The van der Waals surface area contributed by atoms with Crippen LogP contribution in [-0.2, 0) is 6.54 Å². The first-order valence-corrected chi connectivity index (χ1v) is 9.22. The summed E-state index contributed by atoms with van der Waals surface area (Å²) in [7, 11) is 0. The van der Waals surface area contributed by atoms with E-state index in [1.807, 2.05) is 6.07 Å². The SMILES string of the molecule is Cc1cccc(C(NC2CCN(Cc3ccco3)CC2)C2CC2)n1. The fourth-order valence-corrected chi connectivity index (χ4v) is 3.76. The second-order valence-electron chi connectivity index (χ2n) is 7.32. The topological polar surface area (TPSA) is 41.3 Å². The Bertz CT molecular complexity index is 643. The maximum absolute atomic E-state index is 5.47. The smallest absolute Gasteiger partial charge is 0.117 e. The summed E-state index contributed by atoms with van der Waals surface area (Å²) in [4.78, 5) is 7.27. The molecule has 1 aliphatic heterocycles. The summed E-state index contributed by atoms with van der Waals surface area (Å²) in [6.07, 6.45) is 6.85. The minimum atomic E-state index is 0.437. The van der Waals surface area contributed by atoms with Crippen molar-refractivity contribution in [2.24, 2.45) is 5.92 Å². The summed E-state index contributed by atoms with van der Waals surface area (Å²) >= 11 is 0. The summed E-state index contributed by atoms with van der Waals surface area (Å²) in [6.45, 7) is 5.29. The van der Waals surface area contributed by atoms with E-state index in [1.54, 1.807) is 6.26 Å². The van der Waals surface area contributed by atoms with E-state index in [9.17, 15) is 0 Å². The highest BCUT2D eigenvalue weighted by Crippen LogP contribution is 2.41. The van der Waals surface area contributed by atoms with Crippen LogP contribution in [0.15, 0.2) is 41.0 Å². The zero-order valence-electron chi connectivity index (χ0n) is 14.4. The molecule has 1 aliphatic carbocycles. The van der Waals surface area contributed by atoms with Crippen LogP contribution in [0, 0.1) is 12.8 Å². The molecule has 1 atom stereocenters. The molecule has 0 bridgehead atoms. The van der Waals surface area contributed by atoms with E-state index in [0.29, 0.717) is 12.1 Å². The van der Waals surface area contributed by atoms with Crippen LogP contribution < -0.4 is 5.32 Å². The zero-order chi connectivity index (χ0) is 16.4. The van der Waals surface area contributed by atoms with Gasteiger partial charge < -0.3 is 9.73 Å². The first-order chi connectivity index (χ1) is 11.8. The minimum Gasteiger partial charge on any atom is -0.468 e. The molecule has 3 heterocycles. The predicted molar refractivity (Wildman–Crippen MR) is 94.6 cm³/mol. The second kappa shape index (κ2) is 7.08. The largest absolute Gasteiger partial charge is 0.468 e. The lowest BCUT2D eigenvalue weighted by Gasteiger charge is -2.34. The van der Waals surface area contributed by atoms with Crippen LogP contribution in [0.2, 0.25) is 0 Å². The van der Waals surface area contributed by atoms with E-state index in [0.717, 1.165) is 37.0 Å². The van der Waals surface area contributed by atoms with Crippen molar-refractivity contribution in [3.8, 4) is 0 Å². The summed E-state index contributed by atoms with van der Waals surface area (Å²) in [5.41, 5.74) is 2.35. The van der Waals surface area contributed by atoms with E-state index in [4.69, 9.17) is 9.40 Å². The van der Waals surface area contributed by atoms with Gasteiger partial charge in [-0.2, -0.15) is 0 Å². The summed E-state index contributed by atoms with van der Waals surface area (Å²) in [5, 5.41) is 3.93. The van der Waals surface area contributed by atoms with Crippen LogP contribution in [0.5, 0.6) is 0 Å². The molecule has 4 rings (SSSR count). The van der Waals surface area contributed by atoms with Crippen LogP contribution in [0.1, 0.15) is 48.9 Å². The van der Waals surface area contributed by atoms with Crippen LogP contribution in [0.4, 0.5) is 0 Å². The number of furan rings is 1. The molecule has 1 saturated heterocycles. The molecule has 1 saturated carbocycles. The van der Waals surface area contributed by atoms with Gasteiger partial charge in [-0.05, 0) is 62.8 Å². The van der Waals surface area contributed by atoms with Crippen molar-refractivity contribution in [1.82, 2.24) is 15.2 Å². The number of hydrogen-bond acceptors (Lipinski definition) is 4. The number of nitrogens with one attached hydrogen (secondary N) is 1. The average molecular weight is 325 g/mol. The molecule has 1 unspecified atom stereocenters. The van der Waals surface area contributed by atoms with Gasteiger partial charge in [0, 0.05) is 24.8 Å². The Balaban J connectivity index is 1.33. The fraction of sp³-hybridized carbons (Fsp3) is 0.550. The molecule has 0 aromatic carbocycles. The Morgan fingerprint density at radius 3 is 2.67 bits per heavy atom. The highest BCUT2D eigenvalue weighted by molar-refractivity contribution is 5.16. The minimum absolute atomic E-state index is 0.437. The van der Waals surface area contributed by atoms with Crippen molar-refractivity contribution in [1.29, 1.82) is 0 Å². The highest BCUT2D eigenvalue weighted by Gasteiger charge is 2.35. The summed E-state index contributed by atoms with van der Waals surface area (Å²) in [6, 6.07) is 11.5. The maximum Gasteiger partial charge on any atom is 0.117 e. The van der Waals surface area contributed by atoms with Crippen LogP contribution in [0.3, 0.4) is 0 Å². The molecule has 2 aromatic heterocycles. The van der Waals surface area contributed by atoms with Crippen molar-refractivity contribution in [3.05, 3.63) is 53.7 Å². The number of nitrogens with zero attached hydrogens (tertiary/aromatic N) is 2. The van der Waals surface area contributed by atoms with E-state index in [-0.39, 0.29) is 0 Å². The molecule has 2 fully saturated rings. The van der Waals surface area contributed by atoms with E-state index in [1.165, 1.54) is 31.4 Å². The normalized spacial score (nSPS) is 21.0. The first kappa shape index (κ1) is 15.9. The van der Waals surface area contributed by atoms with Crippen LogP contribution >= 0.6 is 0 Å². The van der Waals surface area contributed by atoms with Gasteiger partial charge in [0.2, 0.25) is 0 Å². The number of piperidine rings is 1. The van der Waals surface area contributed by atoms with Crippen molar-refractivity contribution in [3.63, 3.8) is 0 Å². The Labute approximate surface area is 144 Å². The maximum atomic E-state index is 5.47. The van der Waals surface area contributed by atoms with Gasteiger partial charge in [0.1, 0.15) is 5.76 Å². The lowest BCUT2D eigenvalue weighted by atomic mass is 10.0. The summed E-state index contributed by atoms with van der Waals surface area (Å²) < 4.78 is 5.47. The van der Waals surface area contributed by atoms with Crippen molar-refractivity contribution in [2.75, 3.05) is 13.1 Å². The molecular formula is C20H27N3O. The van der Waals surface area contributed by atoms with Gasteiger partial charge in [-0.1, -0.05) is 6.07 Å². The first-order valence-electron chi connectivity index (χ1n) is 9.22. The standard InChI is InChI=1S/C20H27N3O/c1-15-4-2-6-19(21-15)20(16-7-8-16)22-17-9-11-23(12-10-17)14-18-5-3-13-24-18/h2-6,13,16-17,20,22H,7-12,14H2,1H3. The van der Waals surface area contributed by atoms with E-state index < -0.39 is 0 Å². The fourth-order valence-electron chi connectivity index (χ4n) is 3.76. The van der Waals surface area contributed by atoms with Gasteiger partial charge in [-0.3, -0.25) is 9.88 Å². The Hall–Kier alpha value is -1.65. The Morgan fingerprint density at radius 1 is 1.17 bits per heavy atom. The van der Waals surface area contributed by atoms with Gasteiger partial charge in [0.05, 0.1) is 24.5 Å². The summed E-state index contributed by atoms with van der Waals surface area (Å²) in [5.74, 6) is 1.85. The number of hydrogen-bond donors (Lipinski definition) is 1. The van der Waals surface area contributed by atoms with E-state index in [2.05, 4.69) is 41.4 Å². The van der Waals surface area contributed by atoms with Crippen molar-refractivity contribution < 1.29 is 4.42 Å². The molecule has 2 aromatic rings. The average Bonchev–Trinajstić information content (AvgIpc) is 3.31. The molecule has 0 radical (unpaired) electrons. The van der Waals surface area contributed by atoms with Gasteiger partial charge in [-0.25, -0.2) is 0 Å². The zero-order valence-corrected chi connectivity index (χ0v) is 14.4. The number of aryl methyl sites for hydroxylation is 1.